The fraction of sp³-hybridized carbons (Fsp3) is 0.214. The molecule has 1 aromatic carbocycles. The Morgan fingerprint density at radius 3 is 2.89 bits per heavy atom. The Morgan fingerprint density at radius 1 is 1.33 bits per heavy atom. The highest BCUT2D eigenvalue weighted by molar-refractivity contribution is 7.09. The summed E-state index contributed by atoms with van der Waals surface area (Å²) in [5.74, 6) is -0.168. The van der Waals surface area contributed by atoms with Crippen molar-refractivity contribution >= 4 is 17.2 Å². The van der Waals surface area contributed by atoms with Crippen LogP contribution in [0.5, 0.6) is 5.75 Å². The molecule has 2 aromatic rings. The lowest BCUT2D eigenvalue weighted by Crippen LogP contribution is -2.25. The lowest BCUT2D eigenvalue weighted by molar-refractivity contribution is 0.0951. The Kier molecular flexibility index (Phi) is 3.99. The molecule has 0 aliphatic rings. The van der Waals surface area contributed by atoms with E-state index in [-0.39, 0.29) is 11.7 Å². The van der Waals surface area contributed by atoms with Crippen LogP contribution >= 0.6 is 11.3 Å². The lowest BCUT2D eigenvalue weighted by Gasteiger charge is -2.07. The largest absolute Gasteiger partial charge is 0.507 e. The van der Waals surface area contributed by atoms with Gasteiger partial charge < -0.3 is 10.4 Å². The number of benzene rings is 1. The molecular weight excluding hydrogens is 246 g/mol. The molecule has 94 valence electrons. The van der Waals surface area contributed by atoms with Gasteiger partial charge in [-0.1, -0.05) is 18.2 Å². The Labute approximate surface area is 110 Å². The molecule has 0 saturated carbocycles. The summed E-state index contributed by atoms with van der Waals surface area (Å²) in [6, 6.07) is 9.21. The fourth-order valence-electron chi connectivity index (χ4n) is 1.69. The van der Waals surface area contributed by atoms with Crippen LogP contribution in [0.3, 0.4) is 0 Å². The highest BCUT2D eigenvalue weighted by atomic mass is 32.1. The molecule has 4 heteroatoms. The van der Waals surface area contributed by atoms with Gasteiger partial charge in [-0.15, -0.1) is 11.3 Å². The molecule has 0 fully saturated rings. The number of thiophene rings is 1. The molecule has 2 N–H and O–H groups in total. The summed E-state index contributed by atoms with van der Waals surface area (Å²) >= 11 is 1.68. The van der Waals surface area contributed by atoms with Gasteiger partial charge in [0.25, 0.3) is 5.91 Å². The number of nitrogens with one attached hydrogen (secondary N) is 1. The number of para-hydroxylation sites is 1. The molecule has 0 saturated heterocycles. The van der Waals surface area contributed by atoms with Crippen LogP contribution in [0.4, 0.5) is 0 Å². The second kappa shape index (κ2) is 5.69. The van der Waals surface area contributed by atoms with Crippen LogP contribution in [-0.4, -0.2) is 17.6 Å². The number of phenols is 1. The van der Waals surface area contributed by atoms with Crippen LogP contribution in [0.15, 0.2) is 35.7 Å². The summed E-state index contributed by atoms with van der Waals surface area (Å²) in [5, 5.41) is 14.6. The van der Waals surface area contributed by atoms with Crippen LogP contribution in [0.25, 0.3) is 0 Å². The van der Waals surface area contributed by atoms with Crippen molar-refractivity contribution in [1.82, 2.24) is 5.32 Å². The number of hydrogen-bond donors (Lipinski definition) is 2. The number of amides is 1. The van der Waals surface area contributed by atoms with Gasteiger partial charge in [0.05, 0.1) is 5.56 Å². The first-order valence-electron chi connectivity index (χ1n) is 5.77. The maximum atomic E-state index is 11.9. The molecule has 18 heavy (non-hydrogen) atoms. The maximum Gasteiger partial charge on any atom is 0.255 e. The van der Waals surface area contributed by atoms with Crippen LogP contribution in [0, 0.1) is 6.92 Å². The van der Waals surface area contributed by atoms with E-state index < -0.39 is 0 Å². The van der Waals surface area contributed by atoms with Gasteiger partial charge in [-0.3, -0.25) is 4.79 Å². The molecule has 0 bridgehead atoms. The van der Waals surface area contributed by atoms with E-state index in [2.05, 4.69) is 5.32 Å². The van der Waals surface area contributed by atoms with E-state index in [4.69, 9.17) is 0 Å². The molecule has 2 rings (SSSR count). The zero-order valence-corrected chi connectivity index (χ0v) is 11.0. The minimum atomic E-state index is -0.229. The van der Waals surface area contributed by atoms with Crippen molar-refractivity contribution in [2.24, 2.45) is 0 Å². The first-order chi connectivity index (χ1) is 8.68. The number of carbonyl (C=O) groups is 1. The second-order valence-electron chi connectivity index (χ2n) is 4.06. The molecule has 0 spiro atoms. The number of aryl methyl sites for hydroxylation is 1. The molecule has 1 aromatic heterocycles. The predicted octanol–water partition coefficient (Wildman–Crippen LogP) is 2.73. The van der Waals surface area contributed by atoms with E-state index in [1.807, 2.05) is 17.5 Å². The number of carbonyl (C=O) groups excluding carboxylic acids is 1. The van der Waals surface area contributed by atoms with Crippen molar-refractivity contribution in [3.8, 4) is 5.75 Å². The van der Waals surface area contributed by atoms with Crippen molar-refractivity contribution in [2.45, 2.75) is 13.3 Å². The summed E-state index contributed by atoms with van der Waals surface area (Å²) < 4.78 is 0. The third-order valence-electron chi connectivity index (χ3n) is 2.72. The van der Waals surface area contributed by atoms with Crippen LogP contribution in [0.2, 0.25) is 0 Å². The normalized spacial score (nSPS) is 10.3. The van der Waals surface area contributed by atoms with Gasteiger partial charge in [0.2, 0.25) is 0 Å². The van der Waals surface area contributed by atoms with Gasteiger partial charge in [0, 0.05) is 11.4 Å². The van der Waals surface area contributed by atoms with Crippen molar-refractivity contribution in [3.63, 3.8) is 0 Å². The van der Waals surface area contributed by atoms with Crippen molar-refractivity contribution < 1.29 is 9.90 Å². The van der Waals surface area contributed by atoms with E-state index in [1.165, 1.54) is 4.88 Å². The Morgan fingerprint density at radius 2 is 2.17 bits per heavy atom. The molecule has 3 nitrogen and oxygen atoms in total. The van der Waals surface area contributed by atoms with E-state index in [0.29, 0.717) is 17.7 Å². The molecule has 0 aliphatic heterocycles. The summed E-state index contributed by atoms with van der Waals surface area (Å²) in [4.78, 5) is 13.1. The molecule has 0 atom stereocenters. The SMILES string of the molecule is Cc1cccc(C(=O)NCCc2cccs2)c1O. The Bertz CT molecular complexity index is 535. The second-order valence-corrected chi connectivity index (χ2v) is 5.09. The van der Waals surface area contributed by atoms with Gasteiger partial charge in [-0.25, -0.2) is 0 Å². The average molecular weight is 261 g/mol. The van der Waals surface area contributed by atoms with Crippen LogP contribution < -0.4 is 5.32 Å². The Balaban J connectivity index is 1.93. The quantitative estimate of drug-likeness (QED) is 0.889. The van der Waals surface area contributed by atoms with Gasteiger partial charge in [0.1, 0.15) is 5.75 Å². The van der Waals surface area contributed by atoms with E-state index in [9.17, 15) is 9.90 Å². The monoisotopic (exact) mass is 261 g/mol. The third-order valence-corrected chi connectivity index (χ3v) is 3.66. The minimum Gasteiger partial charge on any atom is -0.507 e. The highest BCUT2D eigenvalue weighted by Crippen LogP contribution is 2.21. The number of phenolic OH excluding ortho intramolecular Hbond substituents is 1. The summed E-state index contributed by atoms with van der Waals surface area (Å²) in [6.45, 7) is 2.35. The summed E-state index contributed by atoms with van der Waals surface area (Å²) in [6.07, 6.45) is 0.815. The molecule has 1 heterocycles. The van der Waals surface area contributed by atoms with Gasteiger partial charge in [-0.2, -0.15) is 0 Å². The topological polar surface area (TPSA) is 49.3 Å². The van der Waals surface area contributed by atoms with Gasteiger partial charge in [0.15, 0.2) is 0 Å². The minimum absolute atomic E-state index is 0.0612. The molecule has 0 unspecified atom stereocenters. The molecule has 0 aliphatic carbocycles. The average Bonchev–Trinajstić information content (AvgIpc) is 2.85. The van der Waals surface area contributed by atoms with Crippen molar-refractivity contribution in [2.75, 3.05) is 6.54 Å². The maximum absolute atomic E-state index is 11.9. The van der Waals surface area contributed by atoms with E-state index in [1.54, 1.807) is 36.5 Å². The van der Waals surface area contributed by atoms with Crippen LogP contribution in [0.1, 0.15) is 20.8 Å². The summed E-state index contributed by atoms with van der Waals surface area (Å²) in [7, 11) is 0. The number of aromatic hydroxyl groups is 1. The molecular formula is C14H15NO2S. The standard InChI is InChI=1S/C14H15NO2S/c1-10-4-2-6-12(13(10)16)14(17)15-8-7-11-5-3-9-18-11/h2-6,9,16H,7-8H2,1H3,(H,15,17). The lowest BCUT2D eigenvalue weighted by atomic mass is 10.1. The molecule has 0 radical (unpaired) electrons. The fourth-order valence-corrected chi connectivity index (χ4v) is 2.40. The van der Waals surface area contributed by atoms with E-state index in [0.717, 1.165) is 6.42 Å². The van der Waals surface area contributed by atoms with Crippen molar-refractivity contribution in [1.29, 1.82) is 0 Å². The zero-order chi connectivity index (χ0) is 13.0. The first kappa shape index (κ1) is 12.6. The van der Waals surface area contributed by atoms with Crippen molar-refractivity contribution in [3.05, 3.63) is 51.7 Å². The Hall–Kier alpha value is -1.81. The zero-order valence-electron chi connectivity index (χ0n) is 10.1. The summed E-state index contributed by atoms with van der Waals surface area (Å²) in [5.41, 5.74) is 1.04. The molecule has 1 amide bonds. The highest BCUT2D eigenvalue weighted by Gasteiger charge is 2.11. The number of hydrogen-bond acceptors (Lipinski definition) is 3. The van der Waals surface area contributed by atoms with Crippen LogP contribution in [-0.2, 0) is 6.42 Å². The van der Waals surface area contributed by atoms with Gasteiger partial charge >= 0.3 is 0 Å². The first-order valence-corrected chi connectivity index (χ1v) is 6.65. The number of rotatable bonds is 4. The smallest absolute Gasteiger partial charge is 0.255 e. The van der Waals surface area contributed by atoms with Gasteiger partial charge in [-0.05, 0) is 36.4 Å². The third kappa shape index (κ3) is 2.90. The predicted molar refractivity (Wildman–Crippen MR) is 73.2 cm³/mol. The van der Waals surface area contributed by atoms with E-state index >= 15 is 0 Å².